The monoisotopic (exact) mass is 409 g/mol. The number of nitrogens with one attached hydrogen (secondary N) is 3. The number of hydrogen-bond acceptors (Lipinski definition) is 3. The van der Waals surface area contributed by atoms with Crippen LogP contribution in [0.1, 0.15) is 22.6 Å². The van der Waals surface area contributed by atoms with E-state index in [0.717, 1.165) is 22.0 Å². The van der Waals surface area contributed by atoms with Crippen molar-refractivity contribution in [3.8, 4) is 0 Å². The molecule has 2 heterocycles. The molecular formula is C21H13Cl2N3O2. The molecule has 0 saturated carbocycles. The van der Waals surface area contributed by atoms with E-state index in [-0.39, 0.29) is 0 Å². The third-order valence-electron chi connectivity index (χ3n) is 5.08. The van der Waals surface area contributed by atoms with Gasteiger partial charge in [-0.3, -0.25) is 14.8 Å². The van der Waals surface area contributed by atoms with Crippen LogP contribution < -0.4 is 16.6 Å². The van der Waals surface area contributed by atoms with E-state index in [1.807, 2.05) is 42.5 Å². The summed E-state index contributed by atoms with van der Waals surface area (Å²) in [5.41, 5.74) is 1.77. The lowest BCUT2D eigenvalue weighted by molar-refractivity contribution is 0.893. The fourth-order valence-electron chi connectivity index (χ4n) is 3.92. The summed E-state index contributed by atoms with van der Waals surface area (Å²) in [6.07, 6.45) is 0. The summed E-state index contributed by atoms with van der Waals surface area (Å²) in [6, 6.07) is 17.2. The molecule has 1 aliphatic rings. The maximum Gasteiger partial charge on any atom is 0.327 e. The van der Waals surface area contributed by atoms with E-state index in [4.69, 9.17) is 23.2 Å². The largest absolute Gasteiger partial charge is 0.341 e. The number of hydrogen-bond donors (Lipinski definition) is 3. The van der Waals surface area contributed by atoms with Crippen LogP contribution in [0.15, 0.2) is 64.2 Å². The van der Waals surface area contributed by atoms with Gasteiger partial charge in [0.05, 0.1) is 15.6 Å². The molecule has 1 unspecified atom stereocenters. The molecule has 0 fully saturated rings. The van der Waals surface area contributed by atoms with Crippen molar-refractivity contribution in [2.75, 3.05) is 5.32 Å². The molecule has 0 saturated heterocycles. The van der Waals surface area contributed by atoms with Crippen molar-refractivity contribution in [1.82, 2.24) is 9.97 Å². The standard InChI is InChI=1S/C21H13Cl2N3O2/c22-13-7-3-6-12(18(13)23)16-15-11-5-2-1-4-10(11)8-9-14(15)24-19-17(16)20(27)26-21(28)25-19/h1-9,16H,(H3,24,25,26,27,28). The molecule has 1 aromatic heterocycles. The number of anilines is 2. The van der Waals surface area contributed by atoms with Gasteiger partial charge in [-0.2, -0.15) is 0 Å². The van der Waals surface area contributed by atoms with Gasteiger partial charge in [0, 0.05) is 11.6 Å². The van der Waals surface area contributed by atoms with Gasteiger partial charge in [0.25, 0.3) is 5.56 Å². The van der Waals surface area contributed by atoms with Gasteiger partial charge in [-0.05, 0) is 34.0 Å². The van der Waals surface area contributed by atoms with Crippen LogP contribution in [-0.2, 0) is 0 Å². The second-order valence-electron chi connectivity index (χ2n) is 6.65. The highest BCUT2D eigenvalue weighted by Gasteiger charge is 2.33. The summed E-state index contributed by atoms with van der Waals surface area (Å²) in [5.74, 6) is -0.137. The molecule has 0 bridgehead atoms. The minimum absolute atomic E-state index is 0.359. The Morgan fingerprint density at radius 2 is 1.64 bits per heavy atom. The van der Waals surface area contributed by atoms with E-state index in [2.05, 4.69) is 15.3 Å². The Morgan fingerprint density at radius 1 is 0.821 bits per heavy atom. The number of rotatable bonds is 1. The Kier molecular flexibility index (Phi) is 3.82. The molecule has 5 nitrogen and oxygen atoms in total. The van der Waals surface area contributed by atoms with Gasteiger partial charge in [0.1, 0.15) is 5.82 Å². The highest BCUT2D eigenvalue weighted by Crippen LogP contribution is 2.47. The normalized spacial score (nSPS) is 15.0. The molecule has 1 atom stereocenters. The Bertz CT molecular complexity index is 1370. The molecule has 0 radical (unpaired) electrons. The van der Waals surface area contributed by atoms with Crippen LogP contribution >= 0.6 is 23.2 Å². The van der Waals surface area contributed by atoms with Crippen LogP contribution in [0.4, 0.5) is 11.5 Å². The molecule has 5 rings (SSSR count). The summed E-state index contributed by atoms with van der Waals surface area (Å²) in [7, 11) is 0. The number of aromatic amines is 2. The zero-order valence-corrected chi connectivity index (χ0v) is 15.9. The lowest BCUT2D eigenvalue weighted by Gasteiger charge is -2.30. The average molecular weight is 410 g/mol. The summed E-state index contributed by atoms with van der Waals surface area (Å²) in [4.78, 5) is 29.7. The minimum atomic E-state index is -0.573. The van der Waals surface area contributed by atoms with Gasteiger partial charge in [0.15, 0.2) is 0 Å². The molecule has 0 aliphatic carbocycles. The molecule has 1 aliphatic heterocycles. The number of aromatic nitrogens is 2. The number of halogens is 2. The van der Waals surface area contributed by atoms with E-state index in [9.17, 15) is 9.59 Å². The van der Waals surface area contributed by atoms with Crippen LogP contribution in [0.25, 0.3) is 10.8 Å². The second-order valence-corrected chi connectivity index (χ2v) is 7.43. The lowest BCUT2D eigenvalue weighted by atomic mass is 9.80. The fraction of sp³-hybridized carbons (Fsp3) is 0.0476. The van der Waals surface area contributed by atoms with Crippen LogP contribution in [0.5, 0.6) is 0 Å². The molecule has 3 aromatic carbocycles. The average Bonchev–Trinajstić information content (AvgIpc) is 2.68. The maximum atomic E-state index is 12.8. The van der Waals surface area contributed by atoms with Crippen LogP contribution in [0.3, 0.4) is 0 Å². The molecular weight excluding hydrogens is 397 g/mol. The van der Waals surface area contributed by atoms with E-state index in [0.29, 0.717) is 27.0 Å². The highest BCUT2D eigenvalue weighted by molar-refractivity contribution is 6.42. The van der Waals surface area contributed by atoms with Gasteiger partial charge in [-0.1, -0.05) is 65.7 Å². The maximum absolute atomic E-state index is 12.8. The van der Waals surface area contributed by atoms with E-state index in [1.165, 1.54) is 0 Å². The summed E-state index contributed by atoms with van der Waals surface area (Å²) in [6.45, 7) is 0. The van der Waals surface area contributed by atoms with Crippen molar-refractivity contribution in [2.45, 2.75) is 5.92 Å². The Hall–Kier alpha value is -3.02. The van der Waals surface area contributed by atoms with Crippen molar-refractivity contribution in [3.63, 3.8) is 0 Å². The third-order valence-corrected chi connectivity index (χ3v) is 5.91. The van der Waals surface area contributed by atoms with Crippen LogP contribution in [-0.4, -0.2) is 9.97 Å². The molecule has 28 heavy (non-hydrogen) atoms. The smallest absolute Gasteiger partial charge is 0.327 e. The molecule has 3 N–H and O–H groups in total. The quantitative estimate of drug-likeness (QED) is 0.373. The van der Waals surface area contributed by atoms with Gasteiger partial charge in [-0.15, -0.1) is 0 Å². The van der Waals surface area contributed by atoms with E-state index >= 15 is 0 Å². The van der Waals surface area contributed by atoms with Crippen molar-refractivity contribution >= 4 is 45.5 Å². The third kappa shape index (κ3) is 2.47. The number of benzene rings is 3. The first-order valence-electron chi connectivity index (χ1n) is 8.63. The SMILES string of the molecule is O=c1[nH]c2c(c(=O)[nH]1)C(c1cccc(Cl)c1Cl)c1c(ccc3ccccc13)N2. The highest BCUT2D eigenvalue weighted by atomic mass is 35.5. The predicted molar refractivity (Wildman–Crippen MR) is 112 cm³/mol. The Labute approximate surface area is 169 Å². The lowest BCUT2D eigenvalue weighted by Crippen LogP contribution is -2.32. The Morgan fingerprint density at radius 3 is 2.50 bits per heavy atom. The molecule has 7 heteroatoms. The minimum Gasteiger partial charge on any atom is -0.341 e. The topological polar surface area (TPSA) is 77.8 Å². The number of H-pyrrole nitrogens is 2. The van der Waals surface area contributed by atoms with E-state index in [1.54, 1.807) is 12.1 Å². The first-order chi connectivity index (χ1) is 13.5. The zero-order valence-electron chi connectivity index (χ0n) is 14.3. The van der Waals surface area contributed by atoms with Crippen LogP contribution in [0, 0.1) is 0 Å². The van der Waals surface area contributed by atoms with Crippen molar-refractivity contribution in [3.05, 3.63) is 102 Å². The van der Waals surface area contributed by atoms with Gasteiger partial charge >= 0.3 is 5.69 Å². The second kappa shape index (κ2) is 6.26. The van der Waals surface area contributed by atoms with E-state index < -0.39 is 17.2 Å². The van der Waals surface area contributed by atoms with Crippen molar-refractivity contribution in [2.24, 2.45) is 0 Å². The molecule has 0 spiro atoms. The molecule has 0 amide bonds. The van der Waals surface area contributed by atoms with Gasteiger partial charge in [-0.25, -0.2) is 4.79 Å². The predicted octanol–water partition coefficient (Wildman–Crippen LogP) is 4.76. The molecule has 4 aromatic rings. The zero-order chi connectivity index (χ0) is 19.4. The van der Waals surface area contributed by atoms with Crippen molar-refractivity contribution in [1.29, 1.82) is 0 Å². The first-order valence-corrected chi connectivity index (χ1v) is 9.39. The Balaban J connectivity index is 1.94. The van der Waals surface area contributed by atoms with Crippen LogP contribution in [0.2, 0.25) is 10.0 Å². The number of fused-ring (bicyclic) bond motifs is 4. The van der Waals surface area contributed by atoms with Gasteiger partial charge < -0.3 is 5.32 Å². The van der Waals surface area contributed by atoms with Gasteiger partial charge in [0.2, 0.25) is 0 Å². The first kappa shape index (κ1) is 17.1. The van der Waals surface area contributed by atoms with Crippen molar-refractivity contribution < 1.29 is 0 Å². The summed E-state index contributed by atoms with van der Waals surface area (Å²) in [5, 5.41) is 6.01. The fourth-order valence-corrected chi connectivity index (χ4v) is 4.34. The summed E-state index contributed by atoms with van der Waals surface area (Å²) >= 11 is 12.8. The molecule has 138 valence electrons. The summed E-state index contributed by atoms with van der Waals surface area (Å²) < 4.78 is 0.